The molecule has 2 N–H and O–H groups in total. The number of nitrogens with one attached hydrogen (secondary N) is 1. The van der Waals surface area contributed by atoms with Crippen LogP contribution in [0, 0.1) is 5.92 Å². The van der Waals surface area contributed by atoms with E-state index < -0.39 is 5.97 Å². The summed E-state index contributed by atoms with van der Waals surface area (Å²) in [6, 6.07) is 2.63. The molecule has 0 unspecified atom stereocenters. The minimum absolute atomic E-state index is 0.0639. The molecule has 0 bridgehead atoms. The van der Waals surface area contributed by atoms with Crippen LogP contribution in [0.5, 0.6) is 0 Å². The van der Waals surface area contributed by atoms with Gasteiger partial charge in [0.25, 0.3) is 5.91 Å². The number of carbonyl (C=O) groups is 2. The topological polar surface area (TPSA) is 79.3 Å². The van der Waals surface area contributed by atoms with Crippen molar-refractivity contribution in [2.75, 3.05) is 6.54 Å². The smallest absolute Gasteiger partial charge is 0.335 e. The van der Waals surface area contributed by atoms with Gasteiger partial charge < -0.3 is 10.4 Å². The number of rotatable bonds is 5. The van der Waals surface area contributed by atoms with Crippen LogP contribution in [0.15, 0.2) is 18.3 Å². The molecule has 0 atom stereocenters. The number of aromatic nitrogens is 1. The van der Waals surface area contributed by atoms with Crippen molar-refractivity contribution in [3.8, 4) is 0 Å². The monoisotopic (exact) mass is 236 g/mol. The number of pyridine rings is 1. The van der Waals surface area contributed by atoms with E-state index in [4.69, 9.17) is 5.11 Å². The first-order valence-corrected chi connectivity index (χ1v) is 5.48. The lowest BCUT2D eigenvalue weighted by molar-refractivity contribution is 0.0696. The lowest BCUT2D eigenvalue weighted by Gasteiger charge is -2.06. The van der Waals surface area contributed by atoms with E-state index in [0.717, 1.165) is 6.42 Å². The van der Waals surface area contributed by atoms with Gasteiger partial charge in [0.15, 0.2) is 0 Å². The molecule has 17 heavy (non-hydrogen) atoms. The fraction of sp³-hybridized carbons (Fsp3) is 0.417. The Morgan fingerprint density at radius 2 is 2.18 bits per heavy atom. The van der Waals surface area contributed by atoms with Gasteiger partial charge in [0.1, 0.15) is 5.69 Å². The highest BCUT2D eigenvalue weighted by Crippen LogP contribution is 2.02. The van der Waals surface area contributed by atoms with E-state index in [9.17, 15) is 9.59 Å². The summed E-state index contributed by atoms with van der Waals surface area (Å²) >= 11 is 0. The van der Waals surface area contributed by atoms with E-state index >= 15 is 0 Å². The van der Waals surface area contributed by atoms with Gasteiger partial charge in [0.2, 0.25) is 0 Å². The summed E-state index contributed by atoms with van der Waals surface area (Å²) in [5.41, 5.74) is 0.197. The molecule has 1 aromatic heterocycles. The Bertz CT molecular complexity index is 416. The van der Waals surface area contributed by atoms with Gasteiger partial charge in [-0.1, -0.05) is 13.8 Å². The Labute approximate surface area is 99.9 Å². The Morgan fingerprint density at radius 3 is 2.76 bits per heavy atom. The largest absolute Gasteiger partial charge is 0.478 e. The van der Waals surface area contributed by atoms with Crippen molar-refractivity contribution < 1.29 is 14.7 Å². The molecule has 1 rings (SSSR count). The lowest BCUT2D eigenvalue weighted by Crippen LogP contribution is -2.26. The summed E-state index contributed by atoms with van der Waals surface area (Å²) in [5.74, 6) is -0.897. The summed E-state index contributed by atoms with van der Waals surface area (Å²) in [5, 5.41) is 11.5. The molecule has 1 aromatic rings. The first kappa shape index (κ1) is 13.2. The van der Waals surface area contributed by atoms with E-state index in [1.807, 2.05) is 0 Å². The van der Waals surface area contributed by atoms with Gasteiger partial charge in [-0.2, -0.15) is 0 Å². The van der Waals surface area contributed by atoms with Crippen LogP contribution in [0.1, 0.15) is 41.1 Å². The molecule has 0 aliphatic rings. The lowest BCUT2D eigenvalue weighted by atomic mass is 10.1. The Balaban J connectivity index is 2.63. The van der Waals surface area contributed by atoms with Gasteiger partial charge in [-0.05, 0) is 24.5 Å². The maximum absolute atomic E-state index is 11.6. The van der Waals surface area contributed by atoms with Crippen LogP contribution in [0.3, 0.4) is 0 Å². The van der Waals surface area contributed by atoms with Crippen molar-refractivity contribution in [1.82, 2.24) is 10.3 Å². The SMILES string of the molecule is CC(C)CCNC(=O)c1cc(C(=O)O)ccn1. The molecule has 0 saturated carbocycles. The molecule has 0 radical (unpaired) electrons. The predicted molar refractivity (Wildman–Crippen MR) is 63.0 cm³/mol. The number of amides is 1. The normalized spacial score (nSPS) is 10.3. The fourth-order valence-corrected chi connectivity index (χ4v) is 1.25. The maximum Gasteiger partial charge on any atom is 0.335 e. The Morgan fingerprint density at radius 1 is 1.47 bits per heavy atom. The molecule has 0 aliphatic carbocycles. The van der Waals surface area contributed by atoms with Crippen molar-refractivity contribution in [1.29, 1.82) is 0 Å². The summed E-state index contributed by atoms with van der Waals surface area (Å²) in [4.78, 5) is 26.2. The maximum atomic E-state index is 11.6. The zero-order chi connectivity index (χ0) is 12.8. The first-order chi connectivity index (χ1) is 8.00. The van der Waals surface area contributed by atoms with Crippen LogP contribution >= 0.6 is 0 Å². The van der Waals surface area contributed by atoms with Gasteiger partial charge in [0.05, 0.1) is 5.56 Å². The van der Waals surface area contributed by atoms with Gasteiger partial charge in [-0.25, -0.2) is 4.79 Å². The highest BCUT2D eigenvalue weighted by molar-refractivity contribution is 5.95. The molecule has 1 heterocycles. The third-order valence-electron chi connectivity index (χ3n) is 2.25. The quantitative estimate of drug-likeness (QED) is 0.813. The summed E-state index contributed by atoms with van der Waals surface area (Å²) in [6.07, 6.45) is 2.20. The molecule has 5 nitrogen and oxygen atoms in total. The number of carbonyl (C=O) groups excluding carboxylic acids is 1. The van der Waals surface area contributed by atoms with Crippen molar-refractivity contribution in [2.24, 2.45) is 5.92 Å². The molecular weight excluding hydrogens is 220 g/mol. The average Bonchev–Trinajstić information content (AvgIpc) is 2.28. The second-order valence-electron chi connectivity index (χ2n) is 4.17. The van der Waals surface area contributed by atoms with Gasteiger partial charge in [-0.15, -0.1) is 0 Å². The minimum Gasteiger partial charge on any atom is -0.478 e. The zero-order valence-electron chi connectivity index (χ0n) is 9.93. The van der Waals surface area contributed by atoms with Gasteiger partial charge in [0, 0.05) is 12.7 Å². The van der Waals surface area contributed by atoms with E-state index in [0.29, 0.717) is 12.5 Å². The van der Waals surface area contributed by atoms with E-state index in [1.54, 1.807) is 0 Å². The van der Waals surface area contributed by atoms with Crippen LogP contribution in [-0.2, 0) is 0 Å². The highest BCUT2D eigenvalue weighted by atomic mass is 16.4. The van der Waals surface area contributed by atoms with Crippen LogP contribution in [0.25, 0.3) is 0 Å². The summed E-state index contributed by atoms with van der Waals surface area (Å²) in [7, 11) is 0. The van der Waals surface area contributed by atoms with E-state index in [1.165, 1.54) is 18.3 Å². The number of carboxylic acids is 1. The van der Waals surface area contributed by atoms with Gasteiger partial charge in [-0.3, -0.25) is 9.78 Å². The third-order valence-corrected chi connectivity index (χ3v) is 2.25. The van der Waals surface area contributed by atoms with Crippen molar-refractivity contribution in [3.05, 3.63) is 29.6 Å². The molecule has 0 fully saturated rings. The molecule has 0 saturated heterocycles. The van der Waals surface area contributed by atoms with Crippen LogP contribution < -0.4 is 5.32 Å². The highest BCUT2D eigenvalue weighted by Gasteiger charge is 2.10. The van der Waals surface area contributed by atoms with Crippen LogP contribution in [0.2, 0.25) is 0 Å². The standard InChI is InChI=1S/C12H16N2O3/c1-8(2)3-5-14-11(15)10-7-9(12(16)17)4-6-13-10/h4,6-8H,3,5H2,1-2H3,(H,14,15)(H,16,17). The molecule has 0 spiro atoms. The zero-order valence-corrected chi connectivity index (χ0v) is 9.93. The van der Waals surface area contributed by atoms with Crippen molar-refractivity contribution in [3.63, 3.8) is 0 Å². The molecule has 0 aliphatic heterocycles. The predicted octanol–water partition coefficient (Wildman–Crippen LogP) is 1.56. The summed E-state index contributed by atoms with van der Waals surface area (Å²) < 4.78 is 0. The molecule has 0 aromatic carbocycles. The van der Waals surface area contributed by atoms with Crippen molar-refractivity contribution in [2.45, 2.75) is 20.3 Å². The minimum atomic E-state index is -1.07. The first-order valence-electron chi connectivity index (χ1n) is 5.48. The fourth-order valence-electron chi connectivity index (χ4n) is 1.25. The second kappa shape index (κ2) is 5.98. The van der Waals surface area contributed by atoms with Crippen molar-refractivity contribution >= 4 is 11.9 Å². The number of hydrogen-bond donors (Lipinski definition) is 2. The number of aromatic carboxylic acids is 1. The Hall–Kier alpha value is -1.91. The van der Waals surface area contributed by atoms with Crippen LogP contribution in [-0.4, -0.2) is 28.5 Å². The number of nitrogens with zero attached hydrogens (tertiary/aromatic N) is 1. The second-order valence-corrected chi connectivity index (χ2v) is 4.17. The van der Waals surface area contributed by atoms with Gasteiger partial charge >= 0.3 is 5.97 Å². The average molecular weight is 236 g/mol. The van der Waals surface area contributed by atoms with E-state index in [-0.39, 0.29) is 17.2 Å². The van der Waals surface area contributed by atoms with E-state index in [2.05, 4.69) is 24.1 Å². The van der Waals surface area contributed by atoms with Crippen LogP contribution in [0.4, 0.5) is 0 Å². The number of carboxylic acid groups (broad SMARTS) is 1. The summed E-state index contributed by atoms with van der Waals surface area (Å²) in [6.45, 7) is 4.69. The molecule has 92 valence electrons. The third kappa shape index (κ3) is 4.22. The number of hydrogen-bond acceptors (Lipinski definition) is 3. The molecule has 1 amide bonds. The molecule has 5 heteroatoms. The Kier molecular flexibility index (Phi) is 4.63. The molecular formula is C12H16N2O3.